The van der Waals surface area contributed by atoms with Crippen LogP contribution in [0.4, 0.5) is 0 Å². The summed E-state index contributed by atoms with van der Waals surface area (Å²) in [7, 11) is 2.19. The maximum absolute atomic E-state index is 5.06. The van der Waals surface area contributed by atoms with Crippen molar-refractivity contribution in [1.29, 1.82) is 0 Å². The van der Waals surface area contributed by atoms with Gasteiger partial charge in [0.05, 0.1) is 12.9 Å². The zero-order valence-electron chi connectivity index (χ0n) is 9.17. The molecule has 82 valence electrons. The van der Waals surface area contributed by atoms with Crippen molar-refractivity contribution >= 4 is 0 Å². The minimum absolute atomic E-state index is 0.678. The average Bonchev–Trinajstić information content (AvgIpc) is 2.18. The Morgan fingerprint density at radius 1 is 1.64 bits per heavy atom. The maximum atomic E-state index is 5.06. The van der Waals surface area contributed by atoms with E-state index in [1.165, 1.54) is 32.2 Å². The lowest BCUT2D eigenvalue weighted by Crippen LogP contribution is -2.44. The molecular weight excluding hydrogens is 176 g/mol. The summed E-state index contributed by atoms with van der Waals surface area (Å²) in [4.78, 5) is 2.39. The Bertz CT molecular complexity index is 161. The Labute approximate surface area is 87.1 Å². The van der Waals surface area contributed by atoms with Gasteiger partial charge in [-0.3, -0.25) is 0 Å². The van der Waals surface area contributed by atoms with Crippen molar-refractivity contribution in [2.75, 3.05) is 33.3 Å². The summed E-state index contributed by atoms with van der Waals surface area (Å²) >= 11 is 0. The molecule has 3 nitrogen and oxygen atoms in total. The number of hydrogen-bond donors (Lipinski definition) is 1. The summed E-state index contributed by atoms with van der Waals surface area (Å²) in [5, 5.41) is 3.55. The first kappa shape index (κ1) is 11.5. The van der Waals surface area contributed by atoms with Gasteiger partial charge in [0.2, 0.25) is 0 Å². The standard InChI is InChI=1S/C11H22N2O/c1-3-14-9-5-7-12-11-6-4-8-13(2)10-11/h3,11-12H,1,4-10H2,2H3. The van der Waals surface area contributed by atoms with Crippen LogP contribution in [0.3, 0.4) is 0 Å². The van der Waals surface area contributed by atoms with Crippen LogP contribution in [0.25, 0.3) is 0 Å². The Balaban J connectivity index is 1.97. The zero-order chi connectivity index (χ0) is 10.2. The van der Waals surface area contributed by atoms with E-state index in [-0.39, 0.29) is 0 Å². The van der Waals surface area contributed by atoms with E-state index in [1.807, 2.05) is 0 Å². The lowest BCUT2D eigenvalue weighted by molar-refractivity contribution is 0.214. The second-order valence-corrected chi connectivity index (χ2v) is 3.95. The van der Waals surface area contributed by atoms with Crippen LogP contribution < -0.4 is 5.32 Å². The lowest BCUT2D eigenvalue weighted by Gasteiger charge is -2.30. The van der Waals surface area contributed by atoms with E-state index in [0.29, 0.717) is 6.04 Å². The molecule has 0 bridgehead atoms. The number of ether oxygens (including phenoxy) is 1. The first-order valence-electron chi connectivity index (χ1n) is 5.47. The zero-order valence-corrected chi connectivity index (χ0v) is 9.17. The normalized spacial score (nSPS) is 23.4. The highest BCUT2D eigenvalue weighted by Gasteiger charge is 2.15. The number of nitrogens with zero attached hydrogens (tertiary/aromatic N) is 1. The van der Waals surface area contributed by atoms with E-state index in [1.54, 1.807) is 0 Å². The van der Waals surface area contributed by atoms with Crippen molar-refractivity contribution in [2.45, 2.75) is 25.3 Å². The predicted octanol–water partition coefficient (Wildman–Crippen LogP) is 1.22. The number of likely N-dealkylation sites (tertiary alicyclic amines) is 1. The summed E-state index contributed by atoms with van der Waals surface area (Å²) in [6.45, 7) is 7.76. The van der Waals surface area contributed by atoms with Crippen molar-refractivity contribution in [1.82, 2.24) is 10.2 Å². The molecule has 0 amide bonds. The lowest BCUT2D eigenvalue weighted by atomic mass is 10.1. The first-order chi connectivity index (χ1) is 6.83. The third-order valence-corrected chi connectivity index (χ3v) is 2.61. The summed E-state index contributed by atoms with van der Waals surface area (Å²) in [6, 6.07) is 0.678. The SMILES string of the molecule is C=COCCCNC1CCCN(C)C1. The van der Waals surface area contributed by atoms with Crippen LogP contribution in [0, 0.1) is 0 Å². The van der Waals surface area contributed by atoms with Crippen LogP contribution in [-0.2, 0) is 4.74 Å². The van der Waals surface area contributed by atoms with Gasteiger partial charge in [-0.25, -0.2) is 0 Å². The fourth-order valence-electron chi connectivity index (χ4n) is 1.88. The van der Waals surface area contributed by atoms with Gasteiger partial charge in [0.25, 0.3) is 0 Å². The van der Waals surface area contributed by atoms with E-state index in [4.69, 9.17) is 4.74 Å². The van der Waals surface area contributed by atoms with Crippen LogP contribution in [0.5, 0.6) is 0 Å². The quantitative estimate of drug-likeness (QED) is 0.513. The fraction of sp³-hybridized carbons (Fsp3) is 0.818. The molecule has 1 fully saturated rings. The molecule has 1 aliphatic rings. The summed E-state index contributed by atoms with van der Waals surface area (Å²) in [5.74, 6) is 0. The molecule has 1 rings (SSSR count). The fourth-order valence-corrected chi connectivity index (χ4v) is 1.88. The highest BCUT2D eigenvalue weighted by molar-refractivity contribution is 4.75. The molecule has 0 aliphatic carbocycles. The number of nitrogens with one attached hydrogen (secondary N) is 1. The van der Waals surface area contributed by atoms with Gasteiger partial charge in [-0.1, -0.05) is 6.58 Å². The van der Waals surface area contributed by atoms with E-state index < -0.39 is 0 Å². The van der Waals surface area contributed by atoms with Gasteiger partial charge in [0, 0.05) is 12.6 Å². The smallest absolute Gasteiger partial charge is 0.0885 e. The maximum Gasteiger partial charge on any atom is 0.0885 e. The van der Waals surface area contributed by atoms with E-state index in [9.17, 15) is 0 Å². The molecule has 1 aliphatic heterocycles. The number of likely N-dealkylation sites (N-methyl/N-ethyl adjacent to an activating group) is 1. The summed E-state index contributed by atoms with van der Waals surface area (Å²) < 4.78 is 5.06. The van der Waals surface area contributed by atoms with Crippen molar-refractivity contribution in [3.63, 3.8) is 0 Å². The van der Waals surface area contributed by atoms with Gasteiger partial charge >= 0.3 is 0 Å². The largest absolute Gasteiger partial charge is 0.502 e. The predicted molar refractivity (Wildman–Crippen MR) is 59.3 cm³/mol. The molecule has 1 atom stereocenters. The molecule has 1 N–H and O–H groups in total. The number of piperidine rings is 1. The Morgan fingerprint density at radius 2 is 2.50 bits per heavy atom. The molecule has 3 heteroatoms. The van der Waals surface area contributed by atoms with Gasteiger partial charge in [-0.05, 0) is 39.4 Å². The van der Waals surface area contributed by atoms with Crippen molar-refractivity contribution in [3.8, 4) is 0 Å². The highest BCUT2D eigenvalue weighted by Crippen LogP contribution is 2.07. The minimum Gasteiger partial charge on any atom is -0.502 e. The molecule has 0 radical (unpaired) electrons. The van der Waals surface area contributed by atoms with Crippen LogP contribution in [0.2, 0.25) is 0 Å². The van der Waals surface area contributed by atoms with E-state index >= 15 is 0 Å². The topological polar surface area (TPSA) is 24.5 Å². The Kier molecular flexibility index (Phi) is 5.64. The third-order valence-electron chi connectivity index (χ3n) is 2.61. The summed E-state index contributed by atoms with van der Waals surface area (Å²) in [5.41, 5.74) is 0. The second-order valence-electron chi connectivity index (χ2n) is 3.95. The van der Waals surface area contributed by atoms with Gasteiger partial charge in [-0.15, -0.1) is 0 Å². The van der Waals surface area contributed by atoms with Gasteiger partial charge in [-0.2, -0.15) is 0 Å². The summed E-state index contributed by atoms with van der Waals surface area (Å²) in [6.07, 6.45) is 5.20. The van der Waals surface area contributed by atoms with Crippen LogP contribution >= 0.6 is 0 Å². The molecule has 0 spiro atoms. The molecule has 0 aromatic carbocycles. The molecule has 0 aromatic heterocycles. The highest BCUT2D eigenvalue weighted by atomic mass is 16.5. The van der Waals surface area contributed by atoms with Gasteiger partial charge in [0.15, 0.2) is 0 Å². The molecular formula is C11H22N2O. The number of hydrogen-bond acceptors (Lipinski definition) is 3. The molecule has 0 aromatic rings. The number of rotatable bonds is 6. The van der Waals surface area contributed by atoms with Crippen LogP contribution in [0.15, 0.2) is 12.8 Å². The Morgan fingerprint density at radius 3 is 3.21 bits per heavy atom. The van der Waals surface area contributed by atoms with Crippen molar-refractivity contribution in [2.24, 2.45) is 0 Å². The monoisotopic (exact) mass is 198 g/mol. The first-order valence-corrected chi connectivity index (χ1v) is 5.47. The molecule has 1 saturated heterocycles. The van der Waals surface area contributed by atoms with Crippen molar-refractivity contribution < 1.29 is 4.74 Å². The van der Waals surface area contributed by atoms with Crippen LogP contribution in [0.1, 0.15) is 19.3 Å². The van der Waals surface area contributed by atoms with E-state index in [2.05, 4.69) is 23.8 Å². The van der Waals surface area contributed by atoms with E-state index in [0.717, 1.165) is 19.6 Å². The minimum atomic E-state index is 0.678. The third kappa shape index (κ3) is 4.63. The van der Waals surface area contributed by atoms with Gasteiger partial charge < -0.3 is 15.0 Å². The molecule has 14 heavy (non-hydrogen) atoms. The van der Waals surface area contributed by atoms with Crippen LogP contribution in [-0.4, -0.2) is 44.2 Å². The molecule has 1 heterocycles. The second kappa shape index (κ2) is 6.85. The molecule has 1 unspecified atom stereocenters. The molecule has 0 saturated carbocycles. The van der Waals surface area contributed by atoms with Gasteiger partial charge in [0.1, 0.15) is 0 Å². The Hall–Kier alpha value is -0.540. The van der Waals surface area contributed by atoms with Crippen molar-refractivity contribution in [3.05, 3.63) is 12.8 Å². The average molecular weight is 198 g/mol.